The molecule has 2 aliphatic rings. The number of nitrogens with one attached hydrogen (secondary N) is 3. The average molecular weight is 386 g/mol. The van der Waals surface area contributed by atoms with Crippen LogP contribution in [0.15, 0.2) is 6.33 Å². The lowest BCUT2D eigenvalue weighted by Crippen LogP contribution is -2.31. The lowest BCUT2D eigenvalue weighted by molar-refractivity contribution is 0.263. The zero-order chi connectivity index (χ0) is 17.4. The number of nitrogens with zero attached hydrogens (tertiary/aromatic N) is 4. The topological polar surface area (TPSA) is 99.9 Å². The molecule has 2 fully saturated rings. The molecule has 26 heavy (non-hydrogen) atoms. The molecule has 0 bridgehead atoms. The largest absolute Gasteiger partial charge is 0.394 e. The second-order valence-electron chi connectivity index (χ2n) is 6.79. The van der Waals surface area contributed by atoms with Gasteiger partial charge >= 0.3 is 0 Å². The molecule has 144 valence electrons. The Morgan fingerprint density at radius 1 is 1.38 bits per heavy atom. The Bertz CT molecular complexity index is 754. The molecule has 2 aromatic heterocycles. The Morgan fingerprint density at radius 2 is 2.19 bits per heavy atom. The van der Waals surface area contributed by atoms with Gasteiger partial charge in [0, 0.05) is 19.6 Å². The van der Waals surface area contributed by atoms with E-state index in [0.29, 0.717) is 41.9 Å². The molecule has 1 aliphatic heterocycles. The van der Waals surface area contributed by atoms with E-state index in [0.717, 1.165) is 19.4 Å². The molecule has 4 rings (SSSR count). The highest BCUT2D eigenvalue weighted by Crippen LogP contribution is 2.34. The van der Waals surface area contributed by atoms with E-state index in [1.165, 1.54) is 0 Å². The van der Waals surface area contributed by atoms with Gasteiger partial charge < -0.3 is 25.6 Å². The molecular formula is C16H25ClFN7O. The molecule has 1 saturated carbocycles. The van der Waals surface area contributed by atoms with E-state index in [4.69, 9.17) is 0 Å². The lowest BCUT2D eigenvalue weighted by Gasteiger charge is -2.18. The molecule has 8 nitrogen and oxygen atoms in total. The Hall–Kier alpha value is -1.71. The number of alkyl halides is 1. The number of aliphatic hydroxyl groups excluding tert-OH is 1. The molecule has 0 unspecified atom stereocenters. The first kappa shape index (κ1) is 19.1. The van der Waals surface area contributed by atoms with Crippen molar-refractivity contribution in [1.82, 2.24) is 24.8 Å². The van der Waals surface area contributed by atoms with Gasteiger partial charge in [0.15, 0.2) is 17.0 Å². The summed E-state index contributed by atoms with van der Waals surface area (Å²) in [5.74, 6) is 1.44. The number of halogens is 2. The molecule has 0 radical (unpaired) electrons. The fraction of sp³-hybridized carbons (Fsp3) is 0.688. The lowest BCUT2D eigenvalue weighted by atomic mass is 10.2. The third-order valence-electron chi connectivity index (χ3n) is 4.97. The molecule has 0 aromatic carbocycles. The maximum absolute atomic E-state index is 14.0. The van der Waals surface area contributed by atoms with E-state index in [9.17, 15) is 9.50 Å². The number of aryl methyl sites for hydroxylation is 1. The van der Waals surface area contributed by atoms with Gasteiger partial charge in [-0.05, 0) is 25.7 Å². The fourth-order valence-corrected chi connectivity index (χ4v) is 3.28. The minimum Gasteiger partial charge on any atom is -0.394 e. The van der Waals surface area contributed by atoms with Crippen LogP contribution in [-0.4, -0.2) is 62.6 Å². The quantitative estimate of drug-likeness (QED) is 0.567. The molecule has 10 heteroatoms. The van der Waals surface area contributed by atoms with Gasteiger partial charge in [0.2, 0.25) is 5.95 Å². The van der Waals surface area contributed by atoms with Gasteiger partial charge in [-0.25, -0.2) is 9.37 Å². The predicted molar refractivity (Wildman–Crippen MR) is 101 cm³/mol. The van der Waals surface area contributed by atoms with Gasteiger partial charge in [0.25, 0.3) is 0 Å². The van der Waals surface area contributed by atoms with Crippen molar-refractivity contribution in [2.45, 2.75) is 44.6 Å². The number of fused-ring (bicyclic) bond motifs is 1. The van der Waals surface area contributed by atoms with Gasteiger partial charge in [-0.15, -0.1) is 12.4 Å². The number of aliphatic hydroxyl groups is 1. The molecule has 0 amide bonds. The van der Waals surface area contributed by atoms with Crippen LogP contribution in [0.4, 0.5) is 16.2 Å². The van der Waals surface area contributed by atoms with Crippen molar-refractivity contribution >= 4 is 35.3 Å². The monoisotopic (exact) mass is 385 g/mol. The highest BCUT2D eigenvalue weighted by atomic mass is 35.5. The summed E-state index contributed by atoms with van der Waals surface area (Å²) in [6.07, 6.45) is 2.97. The number of anilines is 2. The first-order valence-electron chi connectivity index (χ1n) is 8.91. The molecule has 1 saturated heterocycles. The van der Waals surface area contributed by atoms with E-state index in [-0.39, 0.29) is 31.1 Å². The number of rotatable bonds is 7. The van der Waals surface area contributed by atoms with Gasteiger partial charge in [-0.1, -0.05) is 0 Å². The summed E-state index contributed by atoms with van der Waals surface area (Å²) >= 11 is 0. The summed E-state index contributed by atoms with van der Waals surface area (Å²) < 4.78 is 15.9. The van der Waals surface area contributed by atoms with Crippen molar-refractivity contribution in [2.75, 3.05) is 30.3 Å². The molecule has 3 atom stereocenters. The standard InChI is InChI=1S/C16H24FN7O.ClH/c1-2-24-8-19-13-14(20-11-6-18-5-10(11)17)22-16(23-15(13)24)21-12(7-25)9-3-4-9;/h8-12,18,25H,2-7H2,1H3,(H2,20,21,22,23);1H/t10-,11-,12+;/m1./s1. The van der Waals surface area contributed by atoms with Crippen molar-refractivity contribution in [3.63, 3.8) is 0 Å². The first-order valence-corrected chi connectivity index (χ1v) is 8.91. The van der Waals surface area contributed by atoms with Crippen LogP contribution in [0.3, 0.4) is 0 Å². The summed E-state index contributed by atoms with van der Waals surface area (Å²) in [6.45, 7) is 3.68. The molecular weight excluding hydrogens is 361 g/mol. The molecule has 1 aliphatic carbocycles. The third kappa shape index (κ3) is 3.70. The van der Waals surface area contributed by atoms with E-state index < -0.39 is 6.17 Å². The summed E-state index contributed by atoms with van der Waals surface area (Å²) in [5.41, 5.74) is 1.34. The maximum Gasteiger partial charge on any atom is 0.227 e. The zero-order valence-electron chi connectivity index (χ0n) is 14.7. The van der Waals surface area contributed by atoms with Crippen LogP contribution < -0.4 is 16.0 Å². The smallest absolute Gasteiger partial charge is 0.227 e. The minimum absolute atomic E-state index is 0. The predicted octanol–water partition coefficient (Wildman–Crippen LogP) is 1.17. The number of hydrogen-bond acceptors (Lipinski definition) is 7. The summed E-state index contributed by atoms with van der Waals surface area (Å²) in [7, 11) is 0. The zero-order valence-corrected chi connectivity index (χ0v) is 15.5. The number of aromatic nitrogens is 4. The van der Waals surface area contributed by atoms with Gasteiger partial charge in [0.05, 0.1) is 25.0 Å². The Morgan fingerprint density at radius 3 is 2.81 bits per heavy atom. The van der Waals surface area contributed by atoms with Gasteiger partial charge in [0.1, 0.15) is 6.17 Å². The first-order chi connectivity index (χ1) is 12.2. The Balaban J connectivity index is 0.00000196. The van der Waals surface area contributed by atoms with Crippen molar-refractivity contribution in [1.29, 1.82) is 0 Å². The summed E-state index contributed by atoms with van der Waals surface area (Å²) in [4.78, 5) is 13.5. The van der Waals surface area contributed by atoms with E-state index in [2.05, 4.69) is 30.9 Å². The van der Waals surface area contributed by atoms with Crippen molar-refractivity contribution in [3.05, 3.63) is 6.33 Å². The van der Waals surface area contributed by atoms with E-state index in [1.807, 2.05) is 11.5 Å². The third-order valence-corrected chi connectivity index (χ3v) is 4.97. The molecule has 3 heterocycles. The average Bonchev–Trinajstić information content (AvgIpc) is 3.26. The maximum atomic E-state index is 14.0. The van der Waals surface area contributed by atoms with Crippen molar-refractivity contribution in [3.8, 4) is 0 Å². The van der Waals surface area contributed by atoms with Crippen LogP contribution in [0.2, 0.25) is 0 Å². The summed E-state index contributed by atoms with van der Waals surface area (Å²) in [6, 6.07) is -0.389. The minimum atomic E-state index is -0.966. The normalized spacial score (nSPS) is 23.7. The van der Waals surface area contributed by atoms with Gasteiger partial charge in [-0.2, -0.15) is 9.97 Å². The highest BCUT2D eigenvalue weighted by molar-refractivity contribution is 5.85. The highest BCUT2D eigenvalue weighted by Gasteiger charge is 2.32. The second kappa shape index (κ2) is 7.89. The van der Waals surface area contributed by atoms with Crippen molar-refractivity contribution < 1.29 is 9.50 Å². The van der Waals surface area contributed by atoms with E-state index >= 15 is 0 Å². The van der Waals surface area contributed by atoms with Crippen LogP contribution >= 0.6 is 12.4 Å². The van der Waals surface area contributed by atoms with Crippen LogP contribution in [-0.2, 0) is 6.54 Å². The number of hydrogen-bond donors (Lipinski definition) is 4. The molecule has 2 aromatic rings. The Labute approximate surface area is 157 Å². The van der Waals surface area contributed by atoms with Crippen LogP contribution in [0.1, 0.15) is 19.8 Å². The van der Waals surface area contributed by atoms with Crippen LogP contribution in [0.5, 0.6) is 0 Å². The van der Waals surface area contributed by atoms with Crippen LogP contribution in [0.25, 0.3) is 11.2 Å². The SMILES string of the molecule is CCn1cnc2c(N[C@@H]3CNC[C@H]3F)nc(N[C@@H](CO)C3CC3)nc21.Cl. The second-order valence-corrected chi connectivity index (χ2v) is 6.79. The molecule has 4 N–H and O–H groups in total. The van der Waals surface area contributed by atoms with Gasteiger partial charge in [-0.3, -0.25) is 0 Å². The fourth-order valence-electron chi connectivity index (χ4n) is 3.28. The van der Waals surface area contributed by atoms with Crippen molar-refractivity contribution in [2.24, 2.45) is 5.92 Å². The van der Waals surface area contributed by atoms with Crippen LogP contribution in [0, 0.1) is 5.92 Å². The molecule has 0 spiro atoms. The number of imidazole rings is 1. The Kier molecular flexibility index (Phi) is 5.79. The summed E-state index contributed by atoms with van der Waals surface area (Å²) in [5, 5.41) is 19.0. The van der Waals surface area contributed by atoms with E-state index in [1.54, 1.807) is 6.33 Å².